The standard InChI is InChI=1S/C13H8Br3N3O5/c14-9-3-7(19(21)22)1-2-11(9)23-6-12(20)18-17-5-8-4-10(15)13(16)24-8/h1-5H,6H2,(H,18,20)/b17-5-. The Bertz CT molecular complexity index is 787. The minimum Gasteiger partial charge on any atom is -0.483 e. The fraction of sp³-hybridized carbons (Fsp3) is 0.0769. The normalized spacial score (nSPS) is 10.8. The summed E-state index contributed by atoms with van der Waals surface area (Å²) in [5, 5.41) is 14.4. The number of hydrogen-bond donors (Lipinski definition) is 1. The predicted molar refractivity (Wildman–Crippen MR) is 96.1 cm³/mol. The van der Waals surface area contributed by atoms with Crippen LogP contribution in [0.5, 0.6) is 5.75 Å². The molecule has 0 radical (unpaired) electrons. The van der Waals surface area contributed by atoms with Crippen molar-refractivity contribution in [1.29, 1.82) is 0 Å². The highest BCUT2D eigenvalue weighted by Gasteiger charge is 2.11. The lowest BCUT2D eigenvalue weighted by molar-refractivity contribution is -0.384. The second-order valence-corrected chi connectivity index (χ2v) is 6.65. The zero-order chi connectivity index (χ0) is 17.7. The summed E-state index contributed by atoms with van der Waals surface area (Å²) in [5.74, 6) is 0.243. The van der Waals surface area contributed by atoms with E-state index in [0.717, 1.165) is 4.47 Å². The van der Waals surface area contributed by atoms with Crippen LogP contribution in [0.4, 0.5) is 5.69 Å². The molecule has 0 spiro atoms. The molecule has 0 aliphatic heterocycles. The van der Waals surface area contributed by atoms with Crippen molar-refractivity contribution < 1.29 is 18.9 Å². The van der Waals surface area contributed by atoms with Crippen molar-refractivity contribution in [2.24, 2.45) is 5.10 Å². The van der Waals surface area contributed by atoms with Gasteiger partial charge in [-0.2, -0.15) is 5.10 Å². The molecular weight excluding hydrogens is 518 g/mol. The number of non-ortho nitro benzene ring substituents is 1. The average molecular weight is 526 g/mol. The number of hydrogen-bond acceptors (Lipinski definition) is 6. The number of carbonyl (C=O) groups excluding carboxylic acids is 1. The summed E-state index contributed by atoms with van der Waals surface area (Å²) in [6.07, 6.45) is 1.33. The number of carbonyl (C=O) groups is 1. The Labute approximate surface area is 160 Å². The first-order chi connectivity index (χ1) is 11.4. The fourth-order valence-electron chi connectivity index (χ4n) is 1.49. The first kappa shape index (κ1) is 18.6. The smallest absolute Gasteiger partial charge is 0.277 e. The van der Waals surface area contributed by atoms with Gasteiger partial charge in [0.05, 0.1) is 20.1 Å². The van der Waals surface area contributed by atoms with Gasteiger partial charge in [0.2, 0.25) is 0 Å². The van der Waals surface area contributed by atoms with E-state index in [-0.39, 0.29) is 12.3 Å². The quantitative estimate of drug-likeness (QED) is 0.348. The van der Waals surface area contributed by atoms with Crippen molar-refractivity contribution in [2.75, 3.05) is 6.61 Å². The first-order valence-electron chi connectivity index (χ1n) is 6.20. The maximum Gasteiger partial charge on any atom is 0.277 e. The monoisotopic (exact) mass is 523 g/mol. The summed E-state index contributed by atoms with van der Waals surface area (Å²) in [6, 6.07) is 5.64. The number of hydrazone groups is 1. The minimum atomic E-state index is -0.526. The van der Waals surface area contributed by atoms with Crippen LogP contribution in [0.25, 0.3) is 0 Å². The molecule has 1 aromatic carbocycles. The Morgan fingerprint density at radius 1 is 1.33 bits per heavy atom. The third-order valence-corrected chi connectivity index (χ3v) is 4.86. The maximum absolute atomic E-state index is 11.6. The lowest BCUT2D eigenvalue weighted by Gasteiger charge is -2.06. The Morgan fingerprint density at radius 3 is 2.67 bits per heavy atom. The van der Waals surface area contributed by atoms with Crippen molar-refractivity contribution >= 4 is 65.6 Å². The van der Waals surface area contributed by atoms with Crippen LogP contribution in [0.15, 0.2) is 47.4 Å². The van der Waals surface area contributed by atoms with Gasteiger partial charge in [0.15, 0.2) is 11.3 Å². The molecule has 24 heavy (non-hydrogen) atoms. The largest absolute Gasteiger partial charge is 0.483 e. The molecule has 1 aromatic heterocycles. The van der Waals surface area contributed by atoms with Crippen molar-refractivity contribution in [2.45, 2.75) is 0 Å². The summed E-state index contributed by atoms with van der Waals surface area (Å²) in [7, 11) is 0. The molecule has 2 aromatic rings. The van der Waals surface area contributed by atoms with E-state index in [4.69, 9.17) is 9.15 Å². The third kappa shape index (κ3) is 5.14. The van der Waals surface area contributed by atoms with Gasteiger partial charge >= 0.3 is 0 Å². The second kappa shape index (κ2) is 8.40. The van der Waals surface area contributed by atoms with Gasteiger partial charge in [-0.25, -0.2) is 5.43 Å². The van der Waals surface area contributed by atoms with Gasteiger partial charge in [0.1, 0.15) is 11.5 Å². The minimum absolute atomic E-state index is 0.0842. The SMILES string of the molecule is O=C(COc1ccc([N+](=O)[O-])cc1Br)N/N=C\c1cc(Br)c(Br)o1. The topological polar surface area (TPSA) is 107 Å². The lowest BCUT2D eigenvalue weighted by atomic mass is 10.3. The van der Waals surface area contributed by atoms with Gasteiger partial charge in [-0.15, -0.1) is 0 Å². The number of ether oxygens (including phenoxy) is 1. The molecule has 1 N–H and O–H groups in total. The van der Waals surface area contributed by atoms with Crippen LogP contribution >= 0.6 is 47.8 Å². The van der Waals surface area contributed by atoms with E-state index in [1.165, 1.54) is 24.4 Å². The highest BCUT2D eigenvalue weighted by molar-refractivity contribution is 9.13. The summed E-state index contributed by atoms with van der Waals surface area (Å²) in [5.41, 5.74) is 2.19. The third-order valence-electron chi connectivity index (χ3n) is 2.53. The molecule has 0 aliphatic carbocycles. The summed E-state index contributed by atoms with van der Waals surface area (Å²) in [4.78, 5) is 21.8. The highest BCUT2D eigenvalue weighted by atomic mass is 79.9. The molecule has 1 amide bonds. The first-order valence-corrected chi connectivity index (χ1v) is 8.58. The van der Waals surface area contributed by atoms with E-state index in [1.54, 1.807) is 6.07 Å². The lowest BCUT2D eigenvalue weighted by Crippen LogP contribution is -2.24. The van der Waals surface area contributed by atoms with Crippen LogP contribution in [0, 0.1) is 10.1 Å². The molecule has 0 saturated carbocycles. The van der Waals surface area contributed by atoms with Gasteiger partial charge in [0.25, 0.3) is 11.6 Å². The van der Waals surface area contributed by atoms with Crippen LogP contribution in [-0.2, 0) is 4.79 Å². The molecule has 126 valence electrons. The number of nitro benzene ring substituents is 1. The highest BCUT2D eigenvalue weighted by Crippen LogP contribution is 2.29. The molecule has 8 nitrogen and oxygen atoms in total. The van der Waals surface area contributed by atoms with E-state index < -0.39 is 10.8 Å². The molecule has 2 rings (SSSR count). The number of halogens is 3. The number of amides is 1. The Morgan fingerprint density at radius 2 is 2.08 bits per heavy atom. The Balaban J connectivity index is 1.86. The molecule has 0 fully saturated rings. The van der Waals surface area contributed by atoms with Crippen LogP contribution in [0.1, 0.15) is 5.76 Å². The number of rotatable bonds is 6. The zero-order valence-corrected chi connectivity index (χ0v) is 16.4. The molecule has 0 saturated heterocycles. The predicted octanol–water partition coefficient (Wildman–Crippen LogP) is 4.00. The second-order valence-electron chi connectivity index (χ2n) is 4.22. The van der Waals surface area contributed by atoms with Gasteiger partial charge in [-0.05, 0) is 53.9 Å². The van der Waals surface area contributed by atoms with Crippen LogP contribution in [-0.4, -0.2) is 23.7 Å². The number of benzene rings is 1. The number of furan rings is 1. The number of nitrogens with zero attached hydrogens (tertiary/aromatic N) is 2. The van der Waals surface area contributed by atoms with E-state index in [9.17, 15) is 14.9 Å². The van der Waals surface area contributed by atoms with Crippen molar-refractivity contribution in [3.8, 4) is 5.75 Å². The van der Waals surface area contributed by atoms with Crippen LogP contribution in [0.3, 0.4) is 0 Å². The van der Waals surface area contributed by atoms with Crippen molar-refractivity contribution in [3.63, 3.8) is 0 Å². The summed E-state index contributed by atoms with van der Waals surface area (Å²) >= 11 is 9.58. The van der Waals surface area contributed by atoms with E-state index in [1.807, 2.05) is 0 Å². The molecule has 0 aliphatic rings. The molecule has 0 unspecified atom stereocenters. The molecule has 0 bridgehead atoms. The Kier molecular flexibility index (Phi) is 6.52. The zero-order valence-electron chi connectivity index (χ0n) is 11.7. The van der Waals surface area contributed by atoms with E-state index in [0.29, 0.717) is 20.7 Å². The molecule has 1 heterocycles. The maximum atomic E-state index is 11.6. The van der Waals surface area contributed by atoms with Gasteiger partial charge in [-0.3, -0.25) is 14.9 Å². The summed E-state index contributed by atoms with van der Waals surface area (Å²) in [6.45, 7) is -0.306. The van der Waals surface area contributed by atoms with Crippen LogP contribution in [0.2, 0.25) is 0 Å². The van der Waals surface area contributed by atoms with Crippen molar-refractivity contribution in [1.82, 2.24) is 5.43 Å². The van der Waals surface area contributed by atoms with Gasteiger partial charge in [0, 0.05) is 18.2 Å². The number of nitrogens with one attached hydrogen (secondary N) is 1. The van der Waals surface area contributed by atoms with Crippen LogP contribution < -0.4 is 10.2 Å². The molecule has 11 heteroatoms. The molecule has 0 atom stereocenters. The van der Waals surface area contributed by atoms with Gasteiger partial charge < -0.3 is 9.15 Å². The van der Waals surface area contributed by atoms with E-state index >= 15 is 0 Å². The average Bonchev–Trinajstić information content (AvgIpc) is 2.84. The van der Waals surface area contributed by atoms with Gasteiger partial charge in [-0.1, -0.05) is 0 Å². The summed E-state index contributed by atoms with van der Waals surface area (Å²) < 4.78 is 12.1. The van der Waals surface area contributed by atoms with E-state index in [2.05, 4.69) is 58.3 Å². The van der Waals surface area contributed by atoms with Crippen molar-refractivity contribution in [3.05, 3.63) is 53.8 Å². The molecular formula is C13H8Br3N3O5. The number of nitro groups is 1. The fourth-order valence-corrected chi connectivity index (χ4v) is 2.58. The Hall–Kier alpha value is -1.72.